The molecule has 0 bridgehead atoms. The summed E-state index contributed by atoms with van der Waals surface area (Å²) in [7, 11) is 1.55. The molecule has 0 saturated carbocycles. The Balaban J connectivity index is 2.37. The first-order valence-corrected chi connectivity index (χ1v) is 8.16. The van der Waals surface area contributed by atoms with Crippen molar-refractivity contribution in [3.8, 4) is 5.75 Å². The number of hydrogen-bond donors (Lipinski definition) is 0. The summed E-state index contributed by atoms with van der Waals surface area (Å²) in [5.74, 6) is 0.510. The summed E-state index contributed by atoms with van der Waals surface area (Å²) >= 11 is 16.0. The van der Waals surface area contributed by atoms with Gasteiger partial charge in [0.25, 0.3) is 5.91 Å². The van der Waals surface area contributed by atoms with Gasteiger partial charge in [0, 0.05) is 6.54 Å². The van der Waals surface area contributed by atoms with Gasteiger partial charge in [-0.05, 0) is 46.6 Å². The number of benzene rings is 1. The van der Waals surface area contributed by atoms with Gasteiger partial charge in [0.1, 0.15) is 4.32 Å². The number of carbonyl (C=O) groups excluding carboxylic acids is 1. The van der Waals surface area contributed by atoms with Crippen LogP contribution in [0.5, 0.6) is 5.75 Å². The molecular weight excluding hydrogens is 382 g/mol. The number of ether oxygens (including phenoxy) is 1. The lowest BCUT2D eigenvalue weighted by Gasteiger charge is -2.09. The van der Waals surface area contributed by atoms with Gasteiger partial charge >= 0.3 is 0 Å². The van der Waals surface area contributed by atoms with Gasteiger partial charge in [-0.15, -0.1) is 0 Å². The third-order valence-electron chi connectivity index (χ3n) is 2.71. The number of amides is 1. The molecule has 1 aliphatic heterocycles. The molecule has 20 heavy (non-hydrogen) atoms. The lowest BCUT2D eigenvalue weighted by atomic mass is 10.2. The second-order valence-electron chi connectivity index (χ2n) is 3.94. The van der Waals surface area contributed by atoms with Crippen LogP contribution < -0.4 is 4.74 Å². The Morgan fingerprint density at radius 3 is 2.75 bits per heavy atom. The fourth-order valence-corrected chi connectivity index (χ4v) is 4.22. The van der Waals surface area contributed by atoms with E-state index in [1.807, 2.05) is 13.0 Å². The number of nitrogens with zero attached hydrogens (tertiary/aromatic N) is 1. The lowest BCUT2D eigenvalue weighted by Crippen LogP contribution is -2.27. The summed E-state index contributed by atoms with van der Waals surface area (Å²) in [6, 6.07) is 3.60. The number of rotatable bonds is 3. The van der Waals surface area contributed by atoms with E-state index < -0.39 is 0 Å². The van der Waals surface area contributed by atoms with Crippen molar-refractivity contribution in [3.63, 3.8) is 0 Å². The first-order valence-electron chi connectivity index (χ1n) is 5.76. The van der Waals surface area contributed by atoms with E-state index in [4.69, 9.17) is 28.6 Å². The third-order valence-corrected chi connectivity index (χ3v) is 4.96. The molecule has 0 aliphatic carbocycles. The van der Waals surface area contributed by atoms with Crippen LogP contribution in [-0.2, 0) is 4.79 Å². The molecule has 0 unspecified atom stereocenters. The van der Waals surface area contributed by atoms with Gasteiger partial charge < -0.3 is 4.74 Å². The van der Waals surface area contributed by atoms with E-state index in [1.165, 1.54) is 11.8 Å². The van der Waals surface area contributed by atoms with E-state index in [0.717, 1.165) is 10.0 Å². The van der Waals surface area contributed by atoms with Gasteiger partial charge in [0.2, 0.25) is 0 Å². The van der Waals surface area contributed by atoms with Crippen LogP contribution in [0.25, 0.3) is 6.08 Å². The van der Waals surface area contributed by atoms with Gasteiger partial charge in [-0.3, -0.25) is 9.69 Å². The molecule has 1 aliphatic rings. The zero-order chi connectivity index (χ0) is 14.9. The minimum atomic E-state index is -0.0643. The Kier molecular flexibility index (Phi) is 5.12. The highest BCUT2D eigenvalue weighted by atomic mass is 79.9. The van der Waals surface area contributed by atoms with E-state index in [-0.39, 0.29) is 5.91 Å². The molecule has 0 N–H and O–H groups in total. The van der Waals surface area contributed by atoms with Crippen molar-refractivity contribution >= 4 is 67.8 Å². The molecule has 106 valence electrons. The molecular formula is C13H11BrClNO2S2. The van der Waals surface area contributed by atoms with Crippen LogP contribution in [-0.4, -0.2) is 28.8 Å². The number of hydrogen-bond acceptors (Lipinski definition) is 4. The molecule has 7 heteroatoms. The second-order valence-corrected chi connectivity index (χ2v) is 6.88. The van der Waals surface area contributed by atoms with Crippen molar-refractivity contribution in [2.24, 2.45) is 0 Å². The summed E-state index contributed by atoms with van der Waals surface area (Å²) < 4.78 is 6.50. The van der Waals surface area contributed by atoms with E-state index in [1.54, 1.807) is 24.2 Å². The van der Waals surface area contributed by atoms with Gasteiger partial charge in [0.05, 0.1) is 21.5 Å². The Morgan fingerprint density at radius 2 is 2.25 bits per heavy atom. The first kappa shape index (κ1) is 15.8. The molecule has 0 atom stereocenters. The average molecular weight is 393 g/mol. The monoisotopic (exact) mass is 391 g/mol. The van der Waals surface area contributed by atoms with Crippen molar-refractivity contribution in [2.75, 3.05) is 13.7 Å². The lowest BCUT2D eigenvalue weighted by molar-refractivity contribution is -0.121. The number of halogens is 2. The van der Waals surface area contributed by atoms with Crippen LogP contribution in [0.1, 0.15) is 12.5 Å². The van der Waals surface area contributed by atoms with Gasteiger partial charge in [-0.25, -0.2) is 0 Å². The predicted molar refractivity (Wildman–Crippen MR) is 91.3 cm³/mol. The van der Waals surface area contributed by atoms with Crippen molar-refractivity contribution in [1.82, 2.24) is 4.90 Å². The molecule has 1 aromatic rings. The smallest absolute Gasteiger partial charge is 0.266 e. The fourth-order valence-electron chi connectivity index (χ4n) is 1.78. The highest BCUT2D eigenvalue weighted by molar-refractivity contribution is 9.10. The number of carbonyl (C=O) groups is 1. The van der Waals surface area contributed by atoms with Crippen molar-refractivity contribution in [1.29, 1.82) is 0 Å². The van der Waals surface area contributed by atoms with Crippen molar-refractivity contribution in [2.45, 2.75) is 6.92 Å². The van der Waals surface area contributed by atoms with Crippen LogP contribution in [0.3, 0.4) is 0 Å². The molecule has 3 nitrogen and oxygen atoms in total. The first-order chi connectivity index (χ1) is 9.47. The number of likely N-dealkylation sites (N-methyl/N-ethyl adjacent to an activating group) is 1. The summed E-state index contributed by atoms with van der Waals surface area (Å²) in [6.07, 6.45) is 1.78. The number of thioether (sulfide) groups is 1. The predicted octanol–water partition coefficient (Wildman–Crippen LogP) is 4.33. The fraction of sp³-hybridized carbons (Fsp3) is 0.231. The zero-order valence-corrected chi connectivity index (χ0v) is 14.8. The van der Waals surface area contributed by atoms with Gasteiger partial charge in [-0.1, -0.05) is 35.6 Å². The van der Waals surface area contributed by atoms with Crippen LogP contribution in [0.15, 0.2) is 21.5 Å². The zero-order valence-electron chi connectivity index (χ0n) is 10.8. The maximum Gasteiger partial charge on any atom is 0.266 e. The van der Waals surface area contributed by atoms with Crippen LogP contribution >= 0.6 is 51.5 Å². The molecule has 2 rings (SSSR count). The minimum Gasteiger partial charge on any atom is -0.494 e. The molecule has 1 heterocycles. The van der Waals surface area contributed by atoms with E-state index in [2.05, 4.69) is 15.9 Å². The number of methoxy groups -OCH3 is 1. The summed E-state index contributed by atoms with van der Waals surface area (Å²) in [5.41, 5.74) is 0.819. The molecule has 0 spiro atoms. The molecule has 1 saturated heterocycles. The maximum absolute atomic E-state index is 12.1. The quantitative estimate of drug-likeness (QED) is 0.565. The van der Waals surface area contributed by atoms with E-state index in [9.17, 15) is 4.79 Å². The minimum absolute atomic E-state index is 0.0643. The van der Waals surface area contributed by atoms with Crippen LogP contribution in [0.2, 0.25) is 5.02 Å². The molecule has 1 fully saturated rings. The normalized spacial score (nSPS) is 17.2. The second kappa shape index (κ2) is 6.47. The van der Waals surface area contributed by atoms with Gasteiger partial charge in [-0.2, -0.15) is 0 Å². The molecule has 1 aromatic carbocycles. The van der Waals surface area contributed by atoms with Crippen molar-refractivity contribution in [3.05, 3.63) is 32.1 Å². The van der Waals surface area contributed by atoms with Crippen LogP contribution in [0.4, 0.5) is 0 Å². The topological polar surface area (TPSA) is 29.5 Å². The molecule has 0 radical (unpaired) electrons. The largest absolute Gasteiger partial charge is 0.494 e. The summed E-state index contributed by atoms with van der Waals surface area (Å²) in [6.45, 7) is 2.48. The summed E-state index contributed by atoms with van der Waals surface area (Å²) in [5, 5.41) is 0.485. The third kappa shape index (κ3) is 3.03. The summed E-state index contributed by atoms with van der Waals surface area (Å²) in [4.78, 5) is 14.3. The van der Waals surface area contributed by atoms with E-state index in [0.29, 0.717) is 26.5 Å². The SMILES string of the molecule is CCN1C(=O)C(=Cc2cc(Cl)c(OC)c(Br)c2)SC1=S. The maximum atomic E-state index is 12.1. The standard InChI is InChI=1S/C13H11BrClNO2S2/c1-3-16-12(17)10(20-13(16)19)6-7-4-8(14)11(18-2)9(15)5-7/h4-6H,3H2,1-2H3. The van der Waals surface area contributed by atoms with Crippen LogP contribution in [0, 0.1) is 0 Å². The molecule has 0 aromatic heterocycles. The van der Waals surface area contributed by atoms with Crippen molar-refractivity contribution < 1.29 is 9.53 Å². The average Bonchev–Trinajstić information content (AvgIpc) is 2.63. The highest BCUT2D eigenvalue weighted by Crippen LogP contribution is 2.37. The Morgan fingerprint density at radius 1 is 1.55 bits per heavy atom. The highest BCUT2D eigenvalue weighted by Gasteiger charge is 2.30. The van der Waals surface area contributed by atoms with E-state index >= 15 is 0 Å². The van der Waals surface area contributed by atoms with Gasteiger partial charge in [0.15, 0.2) is 5.75 Å². The number of thiocarbonyl (C=S) groups is 1. The molecule has 1 amide bonds. The Labute approximate surface area is 140 Å². The Hall–Kier alpha value is -0.560. The Bertz CT molecular complexity index is 595.